The van der Waals surface area contributed by atoms with Crippen LogP contribution in [-0.2, 0) is 11.2 Å². The highest BCUT2D eigenvalue weighted by atomic mass is 35.5. The van der Waals surface area contributed by atoms with E-state index in [1.54, 1.807) is 23.1 Å². The summed E-state index contributed by atoms with van der Waals surface area (Å²) in [5, 5.41) is 3.91. The summed E-state index contributed by atoms with van der Waals surface area (Å²) in [5.41, 5.74) is 1.74. The van der Waals surface area contributed by atoms with Crippen molar-refractivity contribution in [3.63, 3.8) is 0 Å². The third-order valence-corrected chi connectivity index (χ3v) is 4.97. The number of nitrogens with one attached hydrogen (secondary N) is 1. The highest BCUT2D eigenvalue weighted by Crippen LogP contribution is 2.33. The smallest absolute Gasteiger partial charge is 0.264 e. The Morgan fingerprint density at radius 3 is 2.92 bits per heavy atom. The molecule has 2 aromatic carbocycles. The average Bonchev–Trinajstić information content (AvgIpc) is 3.04. The number of nitrogens with zero attached hydrogens (tertiary/aromatic N) is 1. The fourth-order valence-corrected chi connectivity index (χ4v) is 3.71. The predicted molar refractivity (Wildman–Crippen MR) is 101 cm³/mol. The first-order chi connectivity index (χ1) is 12.1. The first-order valence-electron chi connectivity index (χ1n) is 8.33. The second-order valence-corrected chi connectivity index (χ2v) is 6.81. The monoisotopic (exact) mass is 396 g/mol. The molecule has 2 heterocycles. The van der Waals surface area contributed by atoms with Crippen molar-refractivity contribution in [1.82, 2.24) is 10.2 Å². The Hall–Kier alpha value is -1.82. The van der Waals surface area contributed by atoms with Crippen molar-refractivity contribution in [2.45, 2.75) is 18.6 Å². The third kappa shape index (κ3) is 3.65. The lowest BCUT2D eigenvalue weighted by molar-refractivity contribution is -0.141. The molecule has 0 aromatic heterocycles. The molecule has 2 aromatic rings. The van der Waals surface area contributed by atoms with Crippen molar-refractivity contribution in [1.29, 1.82) is 0 Å². The number of carbonyl (C=O) groups excluding carboxylic acids is 1. The van der Waals surface area contributed by atoms with Crippen molar-refractivity contribution in [2.75, 3.05) is 19.6 Å². The molecule has 1 saturated heterocycles. The fourth-order valence-electron chi connectivity index (χ4n) is 3.52. The van der Waals surface area contributed by atoms with Crippen LogP contribution >= 0.6 is 24.0 Å². The van der Waals surface area contributed by atoms with Gasteiger partial charge in [-0.2, -0.15) is 0 Å². The van der Waals surface area contributed by atoms with Crippen molar-refractivity contribution in [3.05, 3.63) is 64.4 Å². The molecule has 1 N–H and O–H groups in total. The Balaban J connectivity index is 0.00000196. The summed E-state index contributed by atoms with van der Waals surface area (Å²) in [5.74, 6) is 0.345. The van der Waals surface area contributed by atoms with Gasteiger partial charge in [0.05, 0.1) is 6.04 Å². The van der Waals surface area contributed by atoms with E-state index in [1.165, 1.54) is 12.1 Å². The van der Waals surface area contributed by atoms with E-state index in [0.717, 1.165) is 11.1 Å². The Morgan fingerprint density at radius 2 is 2.12 bits per heavy atom. The molecule has 1 fully saturated rings. The summed E-state index contributed by atoms with van der Waals surface area (Å²) in [6.07, 6.45) is -0.0447. The van der Waals surface area contributed by atoms with Crippen LogP contribution in [0.5, 0.6) is 5.75 Å². The van der Waals surface area contributed by atoms with E-state index < -0.39 is 6.10 Å². The van der Waals surface area contributed by atoms with E-state index in [1.807, 2.05) is 12.1 Å². The zero-order valence-corrected chi connectivity index (χ0v) is 15.5. The number of fused-ring (bicyclic) bond motifs is 1. The largest absolute Gasteiger partial charge is 0.480 e. The SMILES string of the molecule is Cl.O=C(C1Cc2cc(Cl)ccc2O1)N1CCNCC1c1cccc(F)c1. The number of amides is 1. The normalized spacial score (nSPS) is 21.5. The lowest BCUT2D eigenvalue weighted by Crippen LogP contribution is -2.52. The molecule has 2 aliphatic rings. The molecule has 138 valence electrons. The molecule has 0 saturated carbocycles. The first kappa shape index (κ1) is 19.0. The summed E-state index contributed by atoms with van der Waals surface area (Å²) in [4.78, 5) is 14.9. The minimum absolute atomic E-state index is 0. The van der Waals surface area contributed by atoms with Gasteiger partial charge in [0.25, 0.3) is 5.91 Å². The number of ether oxygens (including phenoxy) is 1. The Kier molecular flexibility index (Phi) is 5.70. The molecule has 2 atom stereocenters. The maximum absolute atomic E-state index is 13.6. The van der Waals surface area contributed by atoms with E-state index in [0.29, 0.717) is 36.8 Å². The summed E-state index contributed by atoms with van der Waals surface area (Å²) < 4.78 is 19.4. The van der Waals surface area contributed by atoms with Crippen LogP contribution in [0, 0.1) is 5.82 Å². The van der Waals surface area contributed by atoms with Gasteiger partial charge in [0.1, 0.15) is 11.6 Å². The minimum atomic E-state index is -0.553. The lowest BCUT2D eigenvalue weighted by atomic mass is 10.0. The molecule has 2 unspecified atom stereocenters. The van der Waals surface area contributed by atoms with Gasteiger partial charge in [-0.25, -0.2) is 4.39 Å². The van der Waals surface area contributed by atoms with Gasteiger partial charge >= 0.3 is 0 Å². The first-order valence-corrected chi connectivity index (χ1v) is 8.71. The number of carbonyl (C=O) groups is 1. The molecule has 1 amide bonds. The van der Waals surface area contributed by atoms with Gasteiger partial charge in [0, 0.05) is 31.1 Å². The van der Waals surface area contributed by atoms with Gasteiger partial charge in [-0.3, -0.25) is 4.79 Å². The van der Waals surface area contributed by atoms with E-state index in [-0.39, 0.29) is 30.2 Å². The van der Waals surface area contributed by atoms with E-state index in [9.17, 15) is 9.18 Å². The van der Waals surface area contributed by atoms with Crippen molar-refractivity contribution < 1.29 is 13.9 Å². The van der Waals surface area contributed by atoms with Crippen molar-refractivity contribution in [2.24, 2.45) is 0 Å². The van der Waals surface area contributed by atoms with Gasteiger partial charge < -0.3 is 15.0 Å². The standard InChI is InChI=1S/C19H18ClFN2O2.ClH/c20-14-4-5-17-13(8-14)10-18(25-17)19(24)23-7-6-22-11-16(23)12-2-1-3-15(21)9-12;/h1-5,8-9,16,18,22H,6-7,10-11H2;1H. The average molecular weight is 397 g/mol. The molecule has 0 aliphatic carbocycles. The van der Waals surface area contributed by atoms with Crippen molar-refractivity contribution in [3.8, 4) is 5.75 Å². The van der Waals surface area contributed by atoms with Crippen LogP contribution in [0.15, 0.2) is 42.5 Å². The molecule has 7 heteroatoms. The second-order valence-electron chi connectivity index (χ2n) is 6.37. The summed E-state index contributed by atoms with van der Waals surface area (Å²) in [6, 6.07) is 11.6. The number of benzene rings is 2. The Bertz CT molecular complexity index is 818. The number of halogens is 3. The maximum Gasteiger partial charge on any atom is 0.264 e. The van der Waals surface area contributed by atoms with Gasteiger partial charge in [0.15, 0.2) is 6.10 Å². The zero-order valence-electron chi connectivity index (χ0n) is 14.0. The van der Waals surface area contributed by atoms with Crippen LogP contribution < -0.4 is 10.1 Å². The Morgan fingerprint density at radius 1 is 1.27 bits per heavy atom. The predicted octanol–water partition coefficient (Wildman–Crippen LogP) is 3.38. The van der Waals surface area contributed by atoms with Crippen LogP contribution in [0.3, 0.4) is 0 Å². The highest BCUT2D eigenvalue weighted by molar-refractivity contribution is 6.30. The van der Waals surface area contributed by atoms with Gasteiger partial charge in [0.2, 0.25) is 0 Å². The van der Waals surface area contributed by atoms with E-state index >= 15 is 0 Å². The molecule has 2 aliphatic heterocycles. The maximum atomic E-state index is 13.6. The highest BCUT2D eigenvalue weighted by Gasteiger charge is 2.37. The van der Waals surface area contributed by atoms with E-state index in [2.05, 4.69) is 5.32 Å². The quantitative estimate of drug-likeness (QED) is 0.845. The zero-order chi connectivity index (χ0) is 17.4. The summed E-state index contributed by atoms with van der Waals surface area (Å²) in [7, 11) is 0. The minimum Gasteiger partial charge on any atom is -0.480 e. The molecular formula is C19H19Cl2FN2O2. The summed E-state index contributed by atoms with van der Waals surface area (Å²) in [6.45, 7) is 1.88. The topological polar surface area (TPSA) is 41.6 Å². The molecular weight excluding hydrogens is 378 g/mol. The third-order valence-electron chi connectivity index (χ3n) is 4.73. The van der Waals surface area contributed by atoms with Crippen LogP contribution in [-0.4, -0.2) is 36.5 Å². The fraction of sp³-hybridized carbons (Fsp3) is 0.316. The Labute approximate surface area is 162 Å². The van der Waals surface area contributed by atoms with Gasteiger partial charge in [-0.1, -0.05) is 23.7 Å². The number of hydrogen-bond acceptors (Lipinski definition) is 3. The number of piperazine rings is 1. The van der Waals surface area contributed by atoms with Crippen LogP contribution in [0.2, 0.25) is 5.02 Å². The van der Waals surface area contributed by atoms with Crippen LogP contribution in [0.25, 0.3) is 0 Å². The molecule has 0 radical (unpaired) electrons. The summed E-state index contributed by atoms with van der Waals surface area (Å²) >= 11 is 6.02. The number of rotatable bonds is 2. The van der Waals surface area contributed by atoms with Crippen LogP contribution in [0.1, 0.15) is 17.2 Å². The van der Waals surface area contributed by atoms with Gasteiger partial charge in [-0.15, -0.1) is 12.4 Å². The second kappa shape index (κ2) is 7.82. The van der Waals surface area contributed by atoms with E-state index in [4.69, 9.17) is 16.3 Å². The van der Waals surface area contributed by atoms with Crippen molar-refractivity contribution >= 4 is 29.9 Å². The van der Waals surface area contributed by atoms with Crippen LogP contribution in [0.4, 0.5) is 4.39 Å². The molecule has 4 rings (SSSR count). The number of hydrogen-bond donors (Lipinski definition) is 1. The lowest BCUT2D eigenvalue weighted by Gasteiger charge is -2.37. The molecule has 4 nitrogen and oxygen atoms in total. The molecule has 26 heavy (non-hydrogen) atoms. The van der Waals surface area contributed by atoms with Gasteiger partial charge in [-0.05, 0) is 41.5 Å². The molecule has 0 bridgehead atoms. The molecule has 0 spiro atoms.